The van der Waals surface area contributed by atoms with Crippen molar-refractivity contribution in [2.75, 3.05) is 0 Å². The predicted octanol–water partition coefficient (Wildman–Crippen LogP) is 4.29. The molecule has 1 aromatic carbocycles. The van der Waals surface area contributed by atoms with Crippen LogP contribution in [0.3, 0.4) is 0 Å². The summed E-state index contributed by atoms with van der Waals surface area (Å²) in [5, 5.41) is 9.92. The highest BCUT2D eigenvalue weighted by atomic mass is 79.9. The topological polar surface area (TPSA) is 41.1 Å². The number of nitrogens with zero attached hydrogens (tertiary/aromatic N) is 3. The van der Waals surface area contributed by atoms with Crippen LogP contribution < -0.4 is 0 Å². The van der Waals surface area contributed by atoms with Gasteiger partial charge >= 0.3 is 0 Å². The minimum Gasteiger partial charge on any atom is -0.289 e. The van der Waals surface area contributed by atoms with Crippen molar-refractivity contribution >= 4 is 33.2 Å². The average molecular weight is 333 g/mol. The van der Waals surface area contributed by atoms with Crippen LogP contribution in [-0.2, 0) is 0 Å². The third kappa shape index (κ3) is 2.12. The molecule has 0 aliphatic carbocycles. The molecule has 0 N–H and O–H groups in total. The van der Waals surface area contributed by atoms with Crippen LogP contribution in [0.15, 0.2) is 47.1 Å². The Labute approximate surface area is 123 Å². The van der Waals surface area contributed by atoms with Gasteiger partial charge in [-0.15, -0.1) is 0 Å². The van der Waals surface area contributed by atoms with Gasteiger partial charge in [0.25, 0.3) is 0 Å². The SMILES string of the molecule is N#Cc1c(-c2ccc(Br)cc2)nc2ccc(Cl)cn12. The van der Waals surface area contributed by atoms with Gasteiger partial charge in [0.15, 0.2) is 5.69 Å². The Morgan fingerprint density at radius 2 is 1.89 bits per heavy atom. The molecule has 0 radical (unpaired) electrons. The first-order valence-corrected chi connectivity index (χ1v) is 6.70. The van der Waals surface area contributed by atoms with Crippen molar-refractivity contribution in [1.82, 2.24) is 9.38 Å². The van der Waals surface area contributed by atoms with Gasteiger partial charge in [-0.25, -0.2) is 4.98 Å². The largest absolute Gasteiger partial charge is 0.289 e. The number of rotatable bonds is 1. The molecule has 0 aliphatic heterocycles. The van der Waals surface area contributed by atoms with Crippen LogP contribution in [0.25, 0.3) is 16.9 Å². The molecule has 0 atom stereocenters. The lowest BCUT2D eigenvalue weighted by Gasteiger charge is -1.98. The van der Waals surface area contributed by atoms with Crippen LogP contribution in [0.1, 0.15) is 5.69 Å². The average Bonchev–Trinajstić information content (AvgIpc) is 2.77. The van der Waals surface area contributed by atoms with Gasteiger partial charge in [0, 0.05) is 16.2 Å². The summed E-state index contributed by atoms with van der Waals surface area (Å²) >= 11 is 9.35. The maximum absolute atomic E-state index is 9.35. The quantitative estimate of drug-likeness (QED) is 0.667. The Kier molecular flexibility index (Phi) is 3.02. The summed E-state index contributed by atoms with van der Waals surface area (Å²) in [6.07, 6.45) is 1.70. The van der Waals surface area contributed by atoms with Gasteiger partial charge in [-0.3, -0.25) is 4.40 Å². The fourth-order valence-corrected chi connectivity index (χ4v) is 2.36. The van der Waals surface area contributed by atoms with Crippen molar-refractivity contribution in [3.8, 4) is 17.3 Å². The fraction of sp³-hybridized carbons (Fsp3) is 0. The highest BCUT2D eigenvalue weighted by molar-refractivity contribution is 9.10. The van der Waals surface area contributed by atoms with E-state index >= 15 is 0 Å². The Balaban J connectivity index is 2.29. The van der Waals surface area contributed by atoms with Crippen molar-refractivity contribution < 1.29 is 0 Å². The van der Waals surface area contributed by atoms with Crippen molar-refractivity contribution in [2.45, 2.75) is 0 Å². The third-order valence-electron chi connectivity index (χ3n) is 2.81. The van der Waals surface area contributed by atoms with Crippen LogP contribution in [-0.4, -0.2) is 9.38 Å². The lowest BCUT2D eigenvalue weighted by molar-refractivity contribution is 1.15. The van der Waals surface area contributed by atoms with Crippen LogP contribution in [0.2, 0.25) is 5.02 Å². The molecule has 0 spiro atoms. The number of hydrogen-bond acceptors (Lipinski definition) is 2. The number of imidazole rings is 1. The van der Waals surface area contributed by atoms with E-state index in [0.717, 1.165) is 10.0 Å². The number of halogens is 2. The molecule has 0 aliphatic rings. The molecular formula is C14H7BrClN3. The van der Waals surface area contributed by atoms with Crippen LogP contribution >= 0.6 is 27.5 Å². The molecule has 0 amide bonds. The Bertz CT molecular complexity index is 800. The number of aromatic nitrogens is 2. The summed E-state index contributed by atoms with van der Waals surface area (Å²) in [6.45, 7) is 0. The van der Waals surface area contributed by atoms with Crippen LogP contribution in [0.5, 0.6) is 0 Å². The van der Waals surface area contributed by atoms with Crippen LogP contribution in [0, 0.1) is 11.3 Å². The van der Waals surface area contributed by atoms with Gasteiger partial charge in [0.1, 0.15) is 17.4 Å². The van der Waals surface area contributed by atoms with Crippen molar-refractivity contribution in [3.63, 3.8) is 0 Å². The van der Waals surface area contributed by atoms with E-state index < -0.39 is 0 Å². The summed E-state index contributed by atoms with van der Waals surface area (Å²) in [5.41, 5.74) is 2.76. The molecule has 3 rings (SSSR count). The first-order valence-electron chi connectivity index (χ1n) is 5.52. The molecule has 3 nitrogen and oxygen atoms in total. The summed E-state index contributed by atoms with van der Waals surface area (Å²) in [4.78, 5) is 4.49. The molecule has 2 heterocycles. The normalized spacial score (nSPS) is 10.6. The first-order chi connectivity index (χ1) is 9.19. The van der Waals surface area contributed by atoms with E-state index in [-0.39, 0.29) is 0 Å². The second kappa shape index (κ2) is 4.69. The monoisotopic (exact) mass is 331 g/mol. The zero-order valence-electron chi connectivity index (χ0n) is 9.64. The molecule has 0 saturated carbocycles. The van der Waals surface area contributed by atoms with Crippen molar-refractivity contribution in [3.05, 3.63) is 57.8 Å². The number of nitriles is 1. The van der Waals surface area contributed by atoms with E-state index in [1.54, 1.807) is 22.7 Å². The zero-order valence-corrected chi connectivity index (χ0v) is 12.0. The van der Waals surface area contributed by atoms with E-state index in [4.69, 9.17) is 11.6 Å². The molecule has 0 bridgehead atoms. The summed E-state index contributed by atoms with van der Waals surface area (Å²) in [6, 6.07) is 13.4. The predicted molar refractivity (Wildman–Crippen MR) is 78.1 cm³/mol. The fourth-order valence-electron chi connectivity index (χ4n) is 1.93. The molecule has 92 valence electrons. The maximum atomic E-state index is 9.35. The maximum Gasteiger partial charge on any atom is 0.152 e. The Morgan fingerprint density at radius 3 is 2.58 bits per heavy atom. The molecule has 0 saturated heterocycles. The number of pyridine rings is 1. The van der Waals surface area contributed by atoms with E-state index in [1.165, 1.54) is 0 Å². The van der Waals surface area contributed by atoms with E-state index in [0.29, 0.717) is 22.1 Å². The van der Waals surface area contributed by atoms with Crippen molar-refractivity contribution in [2.24, 2.45) is 0 Å². The second-order valence-electron chi connectivity index (χ2n) is 4.00. The molecular weight excluding hydrogens is 326 g/mol. The van der Waals surface area contributed by atoms with Gasteiger partial charge in [0.05, 0.1) is 5.02 Å². The number of benzene rings is 1. The highest BCUT2D eigenvalue weighted by Gasteiger charge is 2.13. The second-order valence-corrected chi connectivity index (χ2v) is 5.36. The van der Waals surface area contributed by atoms with Gasteiger partial charge < -0.3 is 0 Å². The highest BCUT2D eigenvalue weighted by Crippen LogP contribution is 2.26. The third-order valence-corrected chi connectivity index (χ3v) is 3.56. The van der Waals surface area contributed by atoms with Gasteiger partial charge in [-0.1, -0.05) is 39.7 Å². The van der Waals surface area contributed by atoms with Gasteiger partial charge in [-0.05, 0) is 24.3 Å². The van der Waals surface area contributed by atoms with Crippen LogP contribution in [0.4, 0.5) is 0 Å². The molecule has 0 unspecified atom stereocenters. The molecule has 0 fully saturated rings. The zero-order chi connectivity index (χ0) is 13.4. The molecule has 3 aromatic rings. The molecule has 19 heavy (non-hydrogen) atoms. The van der Waals surface area contributed by atoms with E-state index in [2.05, 4.69) is 27.0 Å². The van der Waals surface area contributed by atoms with E-state index in [9.17, 15) is 5.26 Å². The standard InChI is InChI=1S/C14H7BrClN3/c15-10-3-1-9(2-4-10)14-12(7-17)19-8-11(16)5-6-13(19)18-14/h1-6,8H. The minimum absolute atomic E-state index is 0.486. The number of fused-ring (bicyclic) bond motifs is 1. The first kappa shape index (κ1) is 12.2. The van der Waals surface area contributed by atoms with Gasteiger partial charge in [0.2, 0.25) is 0 Å². The summed E-state index contributed by atoms with van der Waals surface area (Å²) in [5.74, 6) is 0. The minimum atomic E-state index is 0.486. The summed E-state index contributed by atoms with van der Waals surface area (Å²) < 4.78 is 2.70. The molecule has 5 heteroatoms. The Hall–Kier alpha value is -1.83. The Morgan fingerprint density at radius 1 is 1.16 bits per heavy atom. The van der Waals surface area contributed by atoms with Crippen molar-refractivity contribution in [1.29, 1.82) is 5.26 Å². The van der Waals surface area contributed by atoms with E-state index in [1.807, 2.05) is 24.3 Å². The summed E-state index contributed by atoms with van der Waals surface area (Å²) in [7, 11) is 0. The molecule has 2 aromatic heterocycles. The van der Waals surface area contributed by atoms with Gasteiger partial charge in [-0.2, -0.15) is 5.26 Å². The number of hydrogen-bond donors (Lipinski definition) is 0. The smallest absolute Gasteiger partial charge is 0.152 e. The lowest BCUT2D eigenvalue weighted by atomic mass is 10.1. The lowest BCUT2D eigenvalue weighted by Crippen LogP contribution is -1.88.